The minimum atomic E-state index is -4.37. The Morgan fingerprint density at radius 1 is 1.29 bits per heavy atom. The van der Waals surface area contributed by atoms with E-state index in [0.29, 0.717) is 11.4 Å². The van der Waals surface area contributed by atoms with Gasteiger partial charge in [-0.3, -0.25) is 4.79 Å². The van der Waals surface area contributed by atoms with Crippen molar-refractivity contribution in [1.82, 2.24) is 20.1 Å². The van der Waals surface area contributed by atoms with Crippen LogP contribution in [-0.4, -0.2) is 20.7 Å². The van der Waals surface area contributed by atoms with Gasteiger partial charge in [-0.2, -0.15) is 13.2 Å². The van der Waals surface area contributed by atoms with Crippen LogP contribution < -0.4 is 5.32 Å². The molecular weight excluding hydrogens is 321 g/mol. The van der Waals surface area contributed by atoms with E-state index in [0.717, 1.165) is 37.3 Å². The predicted molar refractivity (Wildman–Crippen MR) is 80.0 cm³/mol. The summed E-state index contributed by atoms with van der Waals surface area (Å²) >= 11 is 0. The van der Waals surface area contributed by atoms with Gasteiger partial charge in [-0.05, 0) is 31.0 Å². The third-order valence-electron chi connectivity index (χ3n) is 4.05. The molecule has 0 fully saturated rings. The van der Waals surface area contributed by atoms with Gasteiger partial charge in [0.1, 0.15) is 5.82 Å². The molecular formula is C16H17F3N4O. The fourth-order valence-electron chi connectivity index (χ4n) is 2.85. The lowest BCUT2D eigenvalue weighted by Gasteiger charge is -2.14. The Morgan fingerprint density at radius 2 is 2.00 bits per heavy atom. The Kier molecular flexibility index (Phi) is 4.29. The molecule has 5 nitrogen and oxygen atoms in total. The van der Waals surface area contributed by atoms with Crippen molar-refractivity contribution in [2.75, 3.05) is 0 Å². The molecule has 2 heterocycles. The maximum atomic E-state index is 12.5. The molecule has 0 aliphatic carbocycles. The molecule has 1 aliphatic heterocycles. The maximum Gasteiger partial charge on any atom is 0.416 e. The lowest BCUT2D eigenvalue weighted by atomic mass is 10.1. The van der Waals surface area contributed by atoms with Gasteiger partial charge in [0.25, 0.3) is 0 Å². The van der Waals surface area contributed by atoms with Crippen LogP contribution in [0.4, 0.5) is 13.2 Å². The highest BCUT2D eigenvalue weighted by Gasteiger charge is 2.30. The lowest BCUT2D eigenvalue weighted by Crippen LogP contribution is -2.30. The molecule has 0 bridgehead atoms. The van der Waals surface area contributed by atoms with Gasteiger partial charge in [0, 0.05) is 13.0 Å². The molecule has 128 valence electrons. The molecule has 0 radical (unpaired) electrons. The van der Waals surface area contributed by atoms with E-state index in [-0.39, 0.29) is 18.4 Å². The Morgan fingerprint density at radius 3 is 2.67 bits per heavy atom. The van der Waals surface area contributed by atoms with Crippen molar-refractivity contribution in [3.63, 3.8) is 0 Å². The van der Waals surface area contributed by atoms with Crippen LogP contribution in [0.3, 0.4) is 0 Å². The van der Waals surface area contributed by atoms with Gasteiger partial charge in [0.15, 0.2) is 5.82 Å². The molecule has 1 amide bonds. The second-order valence-corrected chi connectivity index (χ2v) is 5.89. The van der Waals surface area contributed by atoms with Gasteiger partial charge in [0.2, 0.25) is 5.91 Å². The summed E-state index contributed by atoms with van der Waals surface area (Å²) in [4.78, 5) is 12.1. The molecule has 1 N–H and O–H groups in total. The number of aryl methyl sites for hydroxylation is 1. The summed E-state index contributed by atoms with van der Waals surface area (Å²) in [5.74, 6) is 1.37. The zero-order chi connectivity index (χ0) is 17.3. The first kappa shape index (κ1) is 16.5. The first-order valence-corrected chi connectivity index (χ1v) is 7.72. The molecule has 1 atom stereocenters. The Labute approximate surface area is 136 Å². The molecule has 0 saturated heterocycles. The van der Waals surface area contributed by atoms with E-state index in [4.69, 9.17) is 0 Å². The number of carbonyl (C=O) groups is 1. The largest absolute Gasteiger partial charge is 0.416 e. The number of halogens is 3. The third-order valence-corrected chi connectivity index (χ3v) is 4.05. The standard InChI is InChI=1S/C16H17F3N4O/c1-10(15-22-21-13-3-2-8-23(13)15)20-14(24)9-11-4-6-12(7-5-11)16(17,18)19/h4-7,10H,2-3,8-9H2,1H3,(H,20,24)/t10-/m0/s1. The summed E-state index contributed by atoms with van der Waals surface area (Å²) < 4.78 is 39.6. The second-order valence-electron chi connectivity index (χ2n) is 5.89. The average molecular weight is 338 g/mol. The molecule has 1 aliphatic rings. The van der Waals surface area contributed by atoms with Crippen LogP contribution in [0, 0.1) is 0 Å². The number of amides is 1. The molecule has 0 spiro atoms. The molecule has 0 unspecified atom stereocenters. The van der Waals surface area contributed by atoms with E-state index in [2.05, 4.69) is 15.5 Å². The summed E-state index contributed by atoms with van der Waals surface area (Å²) in [5.41, 5.74) is -0.196. The number of nitrogens with zero attached hydrogens (tertiary/aromatic N) is 3. The van der Waals surface area contributed by atoms with E-state index in [1.54, 1.807) is 0 Å². The number of fused-ring (bicyclic) bond motifs is 1. The summed E-state index contributed by atoms with van der Waals surface area (Å²) in [7, 11) is 0. The van der Waals surface area contributed by atoms with E-state index < -0.39 is 11.7 Å². The average Bonchev–Trinajstić information content (AvgIpc) is 3.09. The normalized spacial score (nSPS) is 15.2. The monoisotopic (exact) mass is 338 g/mol. The van der Waals surface area contributed by atoms with Crippen molar-refractivity contribution in [2.24, 2.45) is 0 Å². The zero-order valence-corrected chi connectivity index (χ0v) is 13.1. The van der Waals surface area contributed by atoms with Crippen LogP contribution in [-0.2, 0) is 30.4 Å². The summed E-state index contributed by atoms with van der Waals surface area (Å²) in [6, 6.07) is 4.31. The molecule has 24 heavy (non-hydrogen) atoms. The van der Waals surface area contributed by atoms with Crippen LogP contribution in [0.1, 0.15) is 42.2 Å². The van der Waals surface area contributed by atoms with Crippen molar-refractivity contribution in [3.05, 3.63) is 47.0 Å². The van der Waals surface area contributed by atoms with Gasteiger partial charge in [0.05, 0.1) is 18.0 Å². The number of carbonyl (C=O) groups excluding carboxylic acids is 1. The fraction of sp³-hybridized carbons (Fsp3) is 0.438. The van der Waals surface area contributed by atoms with Crippen LogP contribution in [0.2, 0.25) is 0 Å². The second kappa shape index (κ2) is 6.26. The molecule has 3 rings (SSSR count). The highest BCUT2D eigenvalue weighted by molar-refractivity contribution is 5.78. The van der Waals surface area contributed by atoms with Gasteiger partial charge in [-0.15, -0.1) is 10.2 Å². The summed E-state index contributed by atoms with van der Waals surface area (Å²) in [6.45, 7) is 2.66. The highest BCUT2D eigenvalue weighted by Crippen LogP contribution is 2.29. The zero-order valence-electron chi connectivity index (χ0n) is 13.1. The third kappa shape index (κ3) is 3.42. The van der Waals surface area contributed by atoms with Crippen molar-refractivity contribution < 1.29 is 18.0 Å². The molecule has 1 aromatic carbocycles. The van der Waals surface area contributed by atoms with E-state index >= 15 is 0 Å². The van der Waals surface area contributed by atoms with Crippen molar-refractivity contribution >= 4 is 5.91 Å². The Bertz CT molecular complexity index is 737. The lowest BCUT2D eigenvalue weighted by molar-refractivity contribution is -0.137. The quantitative estimate of drug-likeness (QED) is 0.932. The van der Waals surface area contributed by atoms with Crippen LogP contribution in [0.15, 0.2) is 24.3 Å². The molecule has 8 heteroatoms. The number of nitrogens with one attached hydrogen (secondary N) is 1. The minimum absolute atomic E-state index is 0.0173. The van der Waals surface area contributed by atoms with E-state index in [1.807, 2.05) is 11.5 Å². The topological polar surface area (TPSA) is 59.8 Å². The van der Waals surface area contributed by atoms with Gasteiger partial charge in [-0.1, -0.05) is 12.1 Å². The van der Waals surface area contributed by atoms with Crippen molar-refractivity contribution in [1.29, 1.82) is 0 Å². The highest BCUT2D eigenvalue weighted by atomic mass is 19.4. The van der Waals surface area contributed by atoms with Crippen molar-refractivity contribution in [3.8, 4) is 0 Å². The summed E-state index contributed by atoms with van der Waals surface area (Å²) in [5, 5.41) is 11.0. The number of rotatable bonds is 4. The molecule has 0 saturated carbocycles. The van der Waals surface area contributed by atoms with E-state index in [9.17, 15) is 18.0 Å². The molecule has 1 aromatic heterocycles. The van der Waals surface area contributed by atoms with Crippen LogP contribution in [0.5, 0.6) is 0 Å². The summed E-state index contributed by atoms with van der Waals surface area (Å²) in [6.07, 6.45) is -2.45. The van der Waals surface area contributed by atoms with Gasteiger partial charge < -0.3 is 9.88 Å². The number of hydrogen-bond donors (Lipinski definition) is 1. The number of hydrogen-bond acceptors (Lipinski definition) is 3. The van der Waals surface area contributed by atoms with Crippen LogP contribution >= 0.6 is 0 Å². The Balaban J connectivity index is 1.61. The number of alkyl halides is 3. The van der Waals surface area contributed by atoms with Gasteiger partial charge in [-0.25, -0.2) is 0 Å². The number of benzene rings is 1. The maximum absolute atomic E-state index is 12.5. The fourth-order valence-corrected chi connectivity index (χ4v) is 2.85. The Hall–Kier alpha value is -2.38. The first-order chi connectivity index (χ1) is 11.3. The first-order valence-electron chi connectivity index (χ1n) is 7.72. The van der Waals surface area contributed by atoms with Gasteiger partial charge >= 0.3 is 6.18 Å². The van der Waals surface area contributed by atoms with Crippen molar-refractivity contribution in [2.45, 2.75) is 44.9 Å². The smallest absolute Gasteiger partial charge is 0.346 e. The van der Waals surface area contributed by atoms with Crippen LogP contribution in [0.25, 0.3) is 0 Å². The minimum Gasteiger partial charge on any atom is -0.346 e. The van der Waals surface area contributed by atoms with E-state index in [1.165, 1.54) is 12.1 Å². The molecule has 2 aromatic rings. The number of aromatic nitrogens is 3. The predicted octanol–water partition coefficient (Wildman–Crippen LogP) is 2.66. The SMILES string of the molecule is C[C@H](NC(=O)Cc1ccc(C(F)(F)F)cc1)c1nnc2n1CCC2.